The van der Waals surface area contributed by atoms with E-state index in [0.717, 1.165) is 4.34 Å². The zero-order valence-electron chi connectivity index (χ0n) is 12.9. The molecule has 1 aromatic carbocycles. The van der Waals surface area contributed by atoms with Gasteiger partial charge in [-0.25, -0.2) is 0 Å². The third kappa shape index (κ3) is 4.70. The third-order valence-corrected chi connectivity index (χ3v) is 4.85. The van der Waals surface area contributed by atoms with Crippen molar-refractivity contribution in [2.24, 2.45) is 0 Å². The van der Waals surface area contributed by atoms with Gasteiger partial charge in [-0.2, -0.15) is 0 Å². The monoisotopic (exact) mass is 351 g/mol. The highest BCUT2D eigenvalue weighted by Gasteiger charge is 2.13. The number of nitrogens with zero attached hydrogens (tertiary/aromatic N) is 2. The molecule has 122 valence electrons. The summed E-state index contributed by atoms with van der Waals surface area (Å²) >= 11 is 2.77. The maximum absolute atomic E-state index is 12.3. The molecule has 0 atom stereocenters. The first-order valence-electron chi connectivity index (χ1n) is 6.74. The molecule has 0 spiro atoms. The molecule has 0 amide bonds. The van der Waals surface area contributed by atoms with Gasteiger partial charge in [0, 0.05) is 12.1 Å². The summed E-state index contributed by atoms with van der Waals surface area (Å²) in [5.41, 5.74) is 0.574. The quantitative estimate of drug-likeness (QED) is 0.423. The van der Waals surface area contributed by atoms with Crippen LogP contribution >= 0.6 is 23.1 Å². The molecule has 2 aromatic rings. The third-order valence-electron chi connectivity index (χ3n) is 2.84. The summed E-state index contributed by atoms with van der Waals surface area (Å²) in [6.07, 6.45) is 1.74. The maximum atomic E-state index is 12.3. The van der Waals surface area contributed by atoms with Gasteiger partial charge in [-0.1, -0.05) is 29.2 Å². The van der Waals surface area contributed by atoms with E-state index in [9.17, 15) is 4.79 Å². The van der Waals surface area contributed by atoms with Crippen LogP contribution in [0.1, 0.15) is 10.4 Å². The summed E-state index contributed by atoms with van der Waals surface area (Å²) in [6.45, 7) is 4.26. The normalized spacial score (nSPS) is 10.2. The van der Waals surface area contributed by atoms with Crippen LogP contribution < -0.4 is 14.8 Å². The summed E-state index contributed by atoms with van der Waals surface area (Å²) < 4.78 is 11.1. The van der Waals surface area contributed by atoms with E-state index in [1.54, 1.807) is 38.5 Å². The Labute approximate surface area is 142 Å². The molecule has 0 bridgehead atoms. The van der Waals surface area contributed by atoms with Crippen molar-refractivity contribution >= 4 is 34.0 Å². The van der Waals surface area contributed by atoms with Crippen LogP contribution in [0.4, 0.5) is 5.13 Å². The van der Waals surface area contributed by atoms with Crippen LogP contribution in [0.3, 0.4) is 0 Å². The zero-order valence-corrected chi connectivity index (χ0v) is 14.5. The Hall–Kier alpha value is -2.06. The second-order valence-electron chi connectivity index (χ2n) is 4.32. The lowest BCUT2D eigenvalue weighted by molar-refractivity contribution is 0.102. The molecule has 0 aliphatic carbocycles. The Bertz CT molecular complexity index is 688. The molecule has 2 rings (SSSR count). The van der Waals surface area contributed by atoms with Crippen LogP contribution in [0.15, 0.2) is 35.2 Å². The average molecular weight is 351 g/mol. The van der Waals surface area contributed by atoms with Crippen LogP contribution in [-0.2, 0) is 0 Å². The fourth-order valence-electron chi connectivity index (χ4n) is 1.72. The van der Waals surface area contributed by atoms with E-state index in [2.05, 4.69) is 22.1 Å². The van der Waals surface area contributed by atoms with Gasteiger partial charge < -0.3 is 14.8 Å². The van der Waals surface area contributed by atoms with Crippen LogP contribution in [0, 0.1) is 0 Å². The predicted octanol–water partition coefficient (Wildman–Crippen LogP) is 3.13. The molecular weight excluding hydrogens is 334 g/mol. The first-order valence-corrected chi connectivity index (χ1v) is 8.54. The number of carbonyl (C=O) groups is 1. The van der Waals surface area contributed by atoms with Crippen molar-refractivity contribution in [3.63, 3.8) is 0 Å². The minimum atomic E-state index is -0.00764. The fraction of sp³-hybridized carbons (Fsp3) is 0.267. The van der Waals surface area contributed by atoms with Gasteiger partial charge in [-0.15, -0.1) is 16.8 Å². The topological polar surface area (TPSA) is 73.3 Å². The Morgan fingerprint density at radius 2 is 2.13 bits per heavy atom. The molecule has 0 fully saturated rings. The van der Waals surface area contributed by atoms with Crippen molar-refractivity contribution in [3.05, 3.63) is 36.4 Å². The number of rotatable bonds is 9. The Morgan fingerprint density at radius 1 is 1.35 bits per heavy atom. The number of thioether (sulfide) groups is 1. The number of carbonyl (C=O) groups excluding carboxylic acids is 1. The molecular formula is C15H17N3O3S2. The van der Waals surface area contributed by atoms with Crippen molar-refractivity contribution in [3.8, 4) is 11.5 Å². The smallest absolute Gasteiger partial charge is 0.206 e. The van der Waals surface area contributed by atoms with E-state index in [1.165, 1.54) is 23.1 Å². The highest BCUT2D eigenvalue weighted by molar-refractivity contribution is 8.01. The van der Waals surface area contributed by atoms with Crippen molar-refractivity contribution in [1.29, 1.82) is 0 Å². The highest BCUT2D eigenvalue weighted by atomic mass is 32.2. The van der Waals surface area contributed by atoms with Gasteiger partial charge in [0.2, 0.25) is 5.13 Å². The number of aromatic nitrogens is 2. The minimum Gasteiger partial charge on any atom is -0.493 e. The van der Waals surface area contributed by atoms with Gasteiger partial charge in [-0.05, 0) is 18.2 Å². The molecule has 6 nitrogen and oxygen atoms in total. The molecule has 0 aliphatic heterocycles. The van der Waals surface area contributed by atoms with Crippen LogP contribution in [0.5, 0.6) is 11.5 Å². The minimum absolute atomic E-state index is 0.00764. The first-order chi connectivity index (χ1) is 11.2. The number of hydrogen-bond donors (Lipinski definition) is 1. The lowest BCUT2D eigenvalue weighted by atomic mass is 10.1. The number of ether oxygens (including phenoxy) is 2. The van der Waals surface area contributed by atoms with Crippen molar-refractivity contribution < 1.29 is 14.3 Å². The van der Waals surface area contributed by atoms with Crippen LogP contribution in [0.25, 0.3) is 0 Å². The summed E-state index contributed by atoms with van der Waals surface area (Å²) in [5.74, 6) is 1.41. The van der Waals surface area contributed by atoms with E-state index in [0.29, 0.717) is 28.7 Å². The summed E-state index contributed by atoms with van der Waals surface area (Å²) in [6, 6.07) is 5.12. The Morgan fingerprint density at radius 3 is 2.83 bits per heavy atom. The second kappa shape index (κ2) is 8.54. The summed E-state index contributed by atoms with van der Waals surface area (Å²) in [7, 11) is 3.10. The van der Waals surface area contributed by atoms with Crippen LogP contribution in [0.2, 0.25) is 0 Å². The number of methoxy groups -OCH3 is 2. The van der Waals surface area contributed by atoms with E-state index < -0.39 is 0 Å². The molecule has 0 radical (unpaired) electrons. The molecule has 0 unspecified atom stereocenters. The van der Waals surface area contributed by atoms with E-state index in [1.807, 2.05) is 0 Å². The van der Waals surface area contributed by atoms with Gasteiger partial charge in [0.05, 0.1) is 20.0 Å². The molecule has 23 heavy (non-hydrogen) atoms. The number of benzene rings is 1. The van der Waals surface area contributed by atoms with Crippen molar-refractivity contribution in [1.82, 2.24) is 10.2 Å². The standard InChI is InChI=1S/C15H17N3O3S2/c1-4-7-16-14-17-18-15(23-14)22-9-11(19)10-5-6-12(20-2)13(8-10)21-3/h4-6,8H,1,7,9H2,2-3H3,(H,16,17). The van der Waals surface area contributed by atoms with Gasteiger partial charge in [-0.3, -0.25) is 4.79 Å². The maximum Gasteiger partial charge on any atom is 0.206 e. The highest BCUT2D eigenvalue weighted by Crippen LogP contribution is 2.29. The molecule has 8 heteroatoms. The Kier molecular flexibility index (Phi) is 6.42. The van der Waals surface area contributed by atoms with Crippen molar-refractivity contribution in [2.75, 3.05) is 31.8 Å². The fourth-order valence-corrected chi connectivity index (χ4v) is 3.37. The molecule has 0 saturated carbocycles. The molecule has 0 saturated heterocycles. The lowest BCUT2D eigenvalue weighted by Crippen LogP contribution is -2.03. The van der Waals surface area contributed by atoms with Crippen molar-refractivity contribution in [2.45, 2.75) is 4.34 Å². The average Bonchev–Trinajstić information content (AvgIpc) is 3.05. The SMILES string of the molecule is C=CCNc1nnc(SCC(=O)c2ccc(OC)c(OC)c2)s1. The van der Waals surface area contributed by atoms with E-state index >= 15 is 0 Å². The number of nitrogens with one attached hydrogen (secondary N) is 1. The van der Waals surface area contributed by atoms with E-state index in [-0.39, 0.29) is 11.5 Å². The lowest BCUT2D eigenvalue weighted by Gasteiger charge is -2.08. The van der Waals surface area contributed by atoms with E-state index in [4.69, 9.17) is 9.47 Å². The molecule has 1 N–H and O–H groups in total. The molecule has 1 heterocycles. The summed E-state index contributed by atoms with van der Waals surface area (Å²) in [5, 5.41) is 11.8. The predicted molar refractivity (Wildman–Crippen MR) is 93.2 cm³/mol. The second-order valence-corrected chi connectivity index (χ2v) is 6.52. The van der Waals surface area contributed by atoms with Gasteiger partial charge in [0.25, 0.3) is 0 Å². The number of Topliss-reactive ketones (excluding diaryl/α,β-unsaturated/α-hetero) is 1. The largest absolute Gasteiger partial charge is 0.493 e. The van der Waals surface area contributed by atoms with Gasteiger partial charge >= 0.3 is 0 Å². The van der Waals surface area contributed by atoms with Gasteiger partial charge in [0.1, 0.15) is 0 Å². The zero-order chi connectivity index (χ0) is 16.7. The number of hydrogen-bond acceptors (Lipinski definition) is 8. The number of anilines is 1. The molecule has 0 aliphatic rings. The first kappa shape index (κ1) is 17.3. The Balaban J connectivity index is 1.96. The van der Waals surface area contributed by atoms with Gasteiger partial charge in [0.15, 0.2) is 21.6 Å². The molecule has 1 aromatic heterocycles. The summed E-state index contributed by atoms with van der Waals surface area (Å²) in [4.78, 5) is 12.3. The number of ketones is 1. The van der Waals surface area contributed by atoms with Crippen LogP contribution in [-0.4, -0.2) is 42.5 Å².